The fourth-order valence-electron chi connectivity index (χ4n) is 2.74. The van der Waals surface area contributed by atoms with Crippen LogP contribution in [0, 0.1) is 5.92 Å². The lowest BCUT2D eigenvalue weighted by Crippen LogP contribution is -2.47. The molecule has 1 aromatic heterocycles. The molecule has 1 aliphatic rings. The molecule has 1 saturated heterocycles. The van der Waals surface area contributed by atoms with Crippen LogP contribution >= 0.6 is 0 Å². The largest absolute Gasteiger partial charge is 0.369 e. The highest BCUT2D eigenvalue weighted by Crippen LogP contribution is 2.21. The maximum atomic E-state index is 4.24. The molecule has 1 N–H and O–H groups in total. The third kappa shape index (κ3) is 3.91. The first-order chi connectivity index (χ1) is 9.20. The minimum atomic E-state index is 0.757. The molecule has 0 amide bonds. The van der Waals surface area contributed by atoms with Gasteiger partial charge in [0.15, 0.2) is 0 Å². The van der Waals surface area contributed by atoms with E-state index < -0.39 is 0 Å². The summed E-state index contributed by atoms with van der Waals surface area (Å²) in [6.07, 6.45) is 3.88. The summed E-state index contributed by atoms with van der Waals surface area (Å²) < 4.78 is 0. The van der Waals surface area contributed by atoms with Crippen LogP contribution in [0.3, 0.4) is 0 Å². The fourth-order valence-corrected chi connectivity index (χ4v) is 2.74. The van der Waals surface area contributed by atoms with Crippen molar-refractivity contribution < 1.29 is 0 Å². The molecule has 2 heterocycles. The molecule has 4 heteroatoms. The molecule has 1 fully saturated rings. The van der Waals surface area contributed by atoms with E-state index in [1.807, 2.05) is 19.4 Å². The Balaban J connectivity index is 1.97. The van der Waals surface area contributed by atoms with Crippen LogP contribution in [0.2, 0.25) is 0 Å². The number of rotatable bonds is 5. The predicted octanol–water partition coefficient (Wildman–Crippen LogP) is 1.58. The van der Waals surface area contributed by atoms with Crippen LogP contribution in [0.5, 0.6) is 0 Å². The molecule has 106 valence electrons. The Bertz CT molecular complexity index is 383. The van der Waals surface area contributed by atoms with Crippen LogP contribution in [0.1, 0.15) is 19.4 Å². The van der Waals surface area contributed by atoms with E-state index in [1.165, 1.54) is 30.9 Å². The van der Waals surface area contributed by atoms with Gasteiger partial charge in [0.25, 0.3) is 0 Å². The second-order valence-corrected chi connectivity index (χ2v) is 5.72. The Kier molecular flexibility index (Phi) is 5.16. The van der Waals surface area contributed by atoms with Gasteiger partial charge in [-0.1, -0.05) is 13.8 Å². The average Bonchev–Trinajstić information content (AvgIpc) is 2.40. The number of aromatic nitrogens is 1. The van der Waals surface area contributed by atoms with Crippen LogP contribution in [-0.4, -0.2) is 49.7 Å². The van der Waals surface area contributed by atoms with Gasteiger partial charge in [0.2, 0.25) is 0 Å². The first kappa shape index (κ1) is 14.3. The molecule has 0 unspecified atom stereocenters. The van der Waals surface area contributed by atoms with E-state index in [9.17, 15) is 0 Å². The average molecular weight is 262 g/mol. The molecule has 19 heavy (non-hydrogen) atoms. The number of hydrogen-bond donors (Lipinski definition) is 1. The first-order valence-corrected chi connectivity index (χ1v) is 7.25. The van der Waals surface area contributed by atoms with Crippen LogP contribution < -0.4 is 10.2 Å². The standard InChI is InChI=1S/C15H26N4/c1-13(2)12-18-6-8-19(9-7-18)15-4-5-17-11-14(15)10-16-3/h4-5,11,13,16H,6-10,12H2,1-3H3. The topological polar surface area (TPSA) is 31.4 Å². The van der Waals surface area contributed by atoms with E-state index in [0.29, 0.717) is 0 Å². The summed E-state index contributed by atoms with van der Waals surface area (Å²) in [5.74, 6) is 0.757. The highest BCUT2D eigenvalue weighted by Gasteiger charge is 2.19. The van der Waals surface area contributed by atoms with Crippen molar-refractivity contribution in [3.63, 3.8) is 0 Å². The maximum absolute atomic E-state index is 4.24. The highest BCUT2D eigenvalue weighted by molar-refractivity contribution is 5.52. The number of anilines is 1. The van der Waals surface area contributed by atoms with Gasteiger partial charge in [0.05, 0.1) is 0 Å². The lowest BCUT2D eigenvalue weighted by molar-refractivity contribution is 0.231. The van der Waals surface area contributed by atoms with Crippen molar-refractivity contribution in [1.82, 2.24) is 15.2 Å². The lowest BCUT2D eigenvalue weighted by atomic mass is 10.1. The van der Waals surface area contributed by atoms with Gasteiger partial charge in [0, 0.05) is 62.9 Å². The smallest absolute Gasteiger partial charge is 0.0443 e. The van der Waals surface area contributed by atoms with Gasteiger partial charge in [0.1, 0.15) is 0 Å². The zero-order valence-corrected chi connectivity index (χ0v) is 12.4. The summed E-state index contributed by atoms with van der Waals surface area (Å²) in [6, 6.07) is 2.14. The first-order valence-electron chi connectivity index (χ1n) is 7.25. The summed E-state index contributed by atoms with van der Waals surface area (Å²) in [7, 11) is 1.98. The van der Waals surface area contributed by atoms with E-state index in [2.05, 4.69) is 40.0 Å². The number of nitrogens with zero attached hydrogens (tertiary/aromatic N) is 3. The van der Waals surface area contributed by atoms with Crippen molar-refractivity contribution in [3.05, 3.63) is 24.0 Å². The van der Waals surface area contributed by atoms with E-state index >= 15 is 0 Å². The van der Waals surface area contributed by atoms with Crippen molar-refractivity contribution in [3.8, 4) is 0 Å². The Morgan fingerprint density at radius 2 is 2.00 bits per heavy atom. The number of nitrogens with one attached hydrogen (secondary N) is 1. The Labute approximate surface area is 116 Å². The number of pyridine rings is 1. The van der Waals surface area contributed by atoms with Gasteiger partial charge in [-0.05, 0) is 19.0 Å². The zero-order chi connectivity index (χ0) is 13.7. The second-order valence-electron chi connectivity index (χ2n) is 5.72. The summed E-state index contributed by atoms with van der Waals surface area (Å²) in [6.45, 7) is 11.3. The van der Waals surface area contributed by atoms with Gasteiger partial charge in [-0.25, -0.2) is 0 Å². The van der Waals surface area contributed by atoms with E-state index in [-0.39, 0.29) is 0 Å². The van der Waals surface area contributed by atoms with Crippen molar-refractivity contribution in [1.29, 1.82) is 0 Å². The molecule has 0 bridgehead atoms. The third-order valence-corrected chi connectivity index (χ3v) is 3.58. The molecule has 0 atom stereocenters. The van der Waals surface area contributed by atoms with Crippen LogP contribution in [-0.2, 0) is 6.54 Å². The highest BCUT2D eigenvalue weighted by atomic mass is 15.3. The van der Waals surface area contributed by atoms with Gasteiger partial charge in [-0.2, -0.15) is 0 Å². The molecule has 0 spiro atoms. The van der Waals surface area contributed by atoms with E-state index in [0.717, 1.165) is 25.6 Å². The molecule has 0 saturated carbocycles. The lowest BCUT2D eigenvalue weighted by Gasteiger charge is -2.37. The number of hydrogen-bond acceptors (Lipinski definition) is 4. The van der Waals surface area contributed by atoms with Crippen LogP contribution in [0.4, 0.5) is 5.69 Å². The van der Waals surface area contributed by atoms with Gasteiger partial charge >= 0.3 is 0 Å². The number of piperazine rings is 1. The van der Waals surface area contributed by atoms with E-state index in [4.69, 9.17) is 0 Å². The normalized spacial score (nSPS) is 17.2. The molecule has 1 aromatic rings. The Morgan fingerprint density at radius 3 is 2.63 bits per heavy atom. The van der Waals surface area contributed by atoms with E-state index in [1.54, 1.807) is 0 Å². The quantitative estimate of drug-likeness (QED) is 0.873. The van der Waals surface area contributed by atoms with Gasteiger partial charge < -0.3 is 10.2 Å². The van der Waals surface area contributed by atoms with Gasteiger partial charge in [-0.15, -0.1) is 0 Å². The van der Waals surface area contributed by atoms with Crippen molar-refractivity contribution >= 4 is 5.69 Å². The molecular formula is C15H26N4. The van der Waals surface area contributed by atoms with Crippen molar-refractivity contribution in [2.24, 2.45) is 5.92 Å². The maximum Gasteiger partial charge on any atom is 0.0443 e. The van der Waals surface area contributed by atoms with Crippen molar-refractivity contribution in [2.45, 2.75) is 20.4 Å². The summed E-state index contributed by atoms with van der Waals surface area (Å²) in [5, 5.41) is 3.22. The Hall–Kier alpha value is -1.13. The molecule has 1 aliphatic heterocycles. The summed E-state index contributed by atoms with van der Waals surface area (Å²) >= 11 is 0. The molecule has 4 nitrogen and oxygen atoms in total. The second kappa shape index (κ2) is 6.87. The fraction of sp³-hybridized carbons (Fsp3) is 0.667. The molecule has 2 rings (SSSR count). The SMILES string of the molecule is CNCc1cnccc1N1CCN(CC(C)C)CC1. The van der Waals surface area contributed by atoms with Gasteiger partial charge in [-0.3, -0.25) is 9.88 Å². The van der Waals surface area contributed by atoms with Crippen molar-refractivity contribution in [2.75, 3.05) is 44.7 Å². The summed E-state index contributed by atoms with van der Waals surface area (Å²) in [5.41, 5.74) is 2.64. The summed E-state index contributed by atoms with van der Waals surface area (Å²) in [4.78, 5) is 9.30. The minimum Gasteiger partial charge on any atom is -0.369 e. The molecule has 0 aromatic carbocycles. The molecule has 0 aliphatic carbocycles. The van der Waals surface area contributed by atoms with Crippen LogP contribution in [0.25, 0.3) is 0 Å². The third-order valence-electron chi connectivity index (χ3n) is 3.58. The molecular weight excluding hydrogens is 236 g/mol. The monoisotopic (exact) mass is 262 g/mol. The zero-order valence-electron chi connectivity index (χ0n) is 12.4. The predicted molar refractivity (Wildman–Crippen MR) is 80.5 cm³/mol. The Morgan fingerprint density at radius 1 is 1.26 bits per heavy atom. The minimum absolute atomic E-state index is 0.757. The van der Waals surface area contributed by atoms with Crippen LogP contribution in [0.15, 0.2) is 18.5 Å². The molecule has 0 radical (unpaired) electrons.